The minimum absolute atomic E-state index is 0.241. The van der Waals surface area contributed by atoms with Gasteiger partial charge in [-0.15, -0.1) is 0 Å². The van der Waals surface area contributed by atoms with E-state index in [1.807, 2.05) is 37.4 Å². The zero-order chi connectivity index (χ0) is 20.6. The van der Waals surface area contributed by atoms with Crippen molar-refractivity contribution in [3.63, 3.8) is 0 Å². The standard InChI is InChI=1S/C24H26N4O2/c1-17-3-8-22(27-13-17)24(29)10-9-19-15-28(16-21(19)24)14-18-4-6-20(7-5-18)30-23-25-11-2-12-26-23/h2-8,11-13,19,21,29H,9-10,14-16H2,1H3/t19-,21+,24-/m1/s1. The van der Waals surface area contributed by atoms with E-state index >= 15 is 0 Å². The fraction of sp³-hybridized carbons (Fsp3) is 0.375. The van der Waals surface area contributed by atoms with E-state index in [4.69, 9.17) is 4.74 Å². The van der Waals surface area contributed by atoms with Crippen molar-refractivity contribution < 1.29 is 9.84 Å². The summed E-state index contributed by atoms with van der Waals surface area (Å²) >= 11 is 0. The van der Waals surface area contributed by atoms with Crippen LogP contribution in [0.15, 0.2) is 61.1 Å². The molecule has 0 radical (unpaired) electrons. The Morgan fingerprint density at radius 3 is 2.60 bits per heavy atom. The van der Waals surface area contributed by atoms with Crippen molar-refractivity contribution in [2.75, 3.05) is 13.1 Å². The lowest BCUT2D eigenvalue weighted by Crippen LogP contribution is -2.35. The SMILES string of the molecule is Cc1ccc([C@@]2(O)CC[C@@H]3CN(Cc4ccc(Oc5ncccn5)cc4)C[C@@H]32)nc1. The quantitative estimate of drug-likeness (QED) is 0.702. The Balaban J connectivity index is 1.24. The molecule has 2 aromatic heterocycles. The fourth-order valence-electron chi connectivity index (χ4n) is 4.92. The van der Waals surface area contributed by atoms with Gasteiger partial charge in [0.15, 0.2) is 0 Å². The van der Waals surface area contributed by atoms with Crippen LogP contribution in [0.2, 0.25) is 0 Å². The number of nitrogens with zero attached hydrogens (tertiary/aromatic N) is 4. The van der Waals surface area contributed by atoms with E-state index in [1.54, 1.807) is 18.5 Å². The molecule has 0 unspecified atom stereocenters. The highest BCUT2D eigenvalue weighted by Crippen LogP contribution is 2.50. The van der Waals surface area contributed by atoms with E-state index in [0.29, 0.717) is 11.9 Å². The van der Waals surface area contributed by atoms with Crippen molar-refractivity contribution >= 4 is 0 Å². The molecule has 6 heteroatoms. The van der Waals surface area contributed by atoms with Gasteiger partial charge in [0.2, 0.25) is 0 Å². The molecule has 0 bridgehead atoms. The van der Waals surface area contributed by atoms with E-state index < -0.39 is 5.60 Å². The Labute approximate surface area is 176 Å². The van der Waals surface area contributed by atoms with Gasteiger partial charge in [0, 0.05) is 44.1 Å². The van der Waals surface area contributed by atoms with Gasteiger partial charge in [-0.3, -0.25) is 9.88 Å². The summed E-state index contributed by atoms with van der Waals surface area (Å²) < 4.78 is 5.67. The van der Waals surface area contributed by atoms with Crippen LogP contribution in [0.3, 0.4) is 0 Å². The van der Waals surface area contributed by atoms with Crippen LogP contribution in [-0.4, -0.2) is 38.0 Å². The third kappa shape index (κ3) is 3.68. The molecule has 3 heterocycles. The van der Waals surface area contributed by atoms with Crippen molar-refractivity contribution in [3.8, 4) is 11.8 Å². The number of pyridine rings is 1. The van der Waals surface area contributed by atoms with E-state index in [0.717, 1.165) is 49.5 Å². The highest BCUT2D eigenvalue weighted by molar-refractivity contribution is 5.29. The highest BCUT2D eigenvalue weighted by atomic mass is 16.5. The number of ether oxygens (including phenoxy) is 1. The molecule has 2 aliphatic rings. The van der Waals surface area contributed by atoms with Crippen molar-refractivity contribution in [2.24, 2.45) is 11.8 Å². The number of rotatable bonds is 5. The number of aromatic nitrogens is 3. The molecule has 1 aromatic carbocycles. The third-order valence-corrected chi connectivity index (χ3v) is 6.46. The average molecular weight is 402 g/mol. The summed E-state index contributed by atoms with van der Waals surface area (Å²) in [5, 5.41) is 11.5. The zero-order valence-corrected chi connectivity index (χ0v) is 17.1. The minimum atomic E-state index is -0.805. The van der Waals surface area contributed by atoms with E-state index in [9.17, 15) is 5.11 Å². The predicted molar refractivity (Wildman–Crippen MR) is 113 cm³/mol. The van der Waals surface area contributed by atoms with Crippen LogP contribution in [-0.2, 0) is 12.1 Å². The van der Waals surface area contributed by atoms with Crippen LogP contribution in [0.5, 0.6) is 11.8 Å². The number of hydrogen-bond donors (Lipinski definition) is 1. The second-order valence-electron chi connectivity index (χ2n) is 8.52. The van der Waals surface area contributed by atoms with Gasteiger partial charge in [0.25, 0.3) is 0 Å². The molecule has 3 aromatic rings. The van der Waals surface area contributed by atoms with Gasteiger partial charge < -0.3 is 9.84 Å². The van der Waals surface area contributed by atoms with Crippen LogP contribution in [0, 0.1) is 18.8 Å². The van der Waals surface area contributed by atoms with Crippen molar-refractivity contribution in [3.05, 3.63) is 77.9 Å². The monoisotopic (exact) mass is 402 g/mol. The maximum atomic E-state index is 11.5. The Morgan fingerprint density at radius 1 is 1.07 bits per heavy atom. The van der Waals surface area contributed by atoms with Gasteiger partial charge in [-0.1, -0.05) is 18.2 Å². The Hall–Kier alpha value is -2.83. The highest BCUT2D eigenvalue weighted by Gasteiger charge is 2.52. The Morgan fingerprint density at radius 2 is 1.87 bits per heavy atom. The molecule has 3 atom stereocenters. The molecule has 1 N–H and O–H groups in total. The fourth-order valence-corrected chi connectivity index (χ4v) is 4.92. The molecule has 1 saturated heterocycles. The molecule has 1 aliphatic carbocycles. The maximum absolute atomic E-state index is 11.5. The van der Waals surface area contributed by atoms with Gasteiger partial charge in [-0.25, -0.2) is 9.97 Å². The number of aryl methyl sites for hydroxylation is 1. The van der Waals surface area contributed by atoms with Crippen molar-refractivity contribution in [2.45, 2.75) is 31.9 Å². The summed E-state index contributed by atoms with van der Waals surface area (Å²) in [4.78, 5) is 15.2. The Bertz CT molecular complexity index is 994. The van der Waals surface area contributed by atoms with Crippen LogP contribution in [0.1, 0.15) is 29.7 Å². The number of hydrogen-bond acceptors (Lipinski definition) is 6. The molecule has 1 aliphatic heterocycles. The van der Waals surface area contributed by atoms with Gasteiger partial charge in [-0.2, -0.15) is 0 Å². The molecule has 0 amide bonds. The first-order valence-electron chi connectivity index (χ1n) is 10.5. The number of fused-ring (bicyclic) bond motifs is 1. The van der Waals surface area contributed by atoms with E-state index in [-0.39, 0.29) is 5.92 Å². The Kier molecular flexibility index (Phi) is 4.97. The summed E-state index contributed by atoms with van der Waals surface area (Å²) in [5.74, 6) is 1.49. The first kappa shape index (κ1) is 19.2. The molecular weight excluding hydrogens is 376 g/mol. The smallest absolute Gasteiger partial charge is 0.321 e. The van der Waals surface area contributed by atoms with Gasteiger partial charge >= 0.3 is 6.01 Å². The number of benzene rings is 1. The largest absolute Gasteiger partial charge is 0.424 e. The minimum Gasteiger partial charge on any atom is -0.424 e. The number of aliphatic hydroxyl groups is 1. The van der Waals surface area contributed by atoms with Gasteiger partial charge in [-0.05, 0) is 61.1 Å². The van der Waals surface area contributed by atoms with E-state index in [1.165, 1.54) is 5.56 Å². The lowest BCUT2D eigenvalue weighted by Gasteiger charge is -2.30. The molecule has 1 saturated carbocycles. The molecule has 5 rings (SSSR count). The zero-order valence-electron chi connectivity index (χ0n) is 17.1. The molecule has 0 spiro atoms. The molecule has 30 heavy (non-hydrogen) atoms. The first-order valence-corrected chi connectivity index (χ1v) is 10.5. The first-order chi connectivity index (χ1) is 14.6. The van der Waals surface area contributed by atoms with Crippen molar-refractivity contribution in [1.29, 1.82) is 0 Å². The van der Waals surface area contributed by atoms with Gasteiger partial charge in [0.1, 0.15) is 11.4 Å². The second kappa shape index (κ2) is 7.78. The van der Waals surface area contributed by atoms with Crippen LogP contribution >= 0.6 is 0 Å². The normalized spacial score (nSPS) is 25.9. The summed E-state index contributed by atoms with van der Waals surface area (Å²) in [6.07, 6.45) is 7.04. The average Bonchev–Trinajstić information content (AvgIpc) is 3.31. The summed E-state index contributed by atoms with van der Waals surface area (Å²) in [7, 11) is 0. The number of likely N-dealkylation sites (tertiary alicyclic amines) is 1. The summed E-state index contributed by atoms with van der Waals surface area (Å²) in [6, 6.07) is 14.2. The van der Waals surface area contributed by atoms with Crippen LogP contribution in [0.4, 0.5) is 0 Å². The van der Waals surface area contributed by atoms with Crippen molar-refractivity contribution in [1.82, 2.24) is 19.9 Å². The third-order valence-electron chi connectivity index (χ3n) is 6.46. The summed E-state index contributed by atoms with van der Waals surface area (Å²) in [5.41, 5.74) is 2.37. The van der Waals surface area contributed by atoms with Crippen LogP contribution < -0.4 is 4.74 Å². The van der Waals surface area contributed by atoms with E-state index in [2.05, 4.69) is 32.0 Å². The maximum Gasteiger partial charge on any atom is 0.321 e. The molecule has 6 nitrogen and oxygen atoms in total. The van der Waals surface area contributed by atoms with Crippen LogP contribution in [0.25, 0.3) is 0 Å². The summed E-state index contributed by atoms with van der Waals surface area (Å²) in [6.45, 7) is 4.81. The molecule has 2 fully saturated rings. The lowest BCUT2D eigenvalue weighted by molar-refractivity contribution is -0.0108. The molecular formula is C24H26N4O2. The predicted octanol–water partition coefficient (Wildman–Crippen LogP) is 3.70. The van der Waals surface area contributed by atoms with Gasteiger partial charge in [0.05, 0.1) is 5.69 Å². The lowest BCUT2D eigenvalue weighted by atomic mass is 9.85. The topological polar surface area (TPSA) is 71.4 Å². The molecule has 154 valence electrons. The second-order valence-corrected chi connectivity index (χ2v) is 8.52.